The van der Waals surface area contributed by atoms with Crippen molar-refractivity contribution in [3.63, 3.8) is 0 Å². The zero-order valence-corrected chi connectivity index (χ0v) is 18.4. The van der Waals surface area contributed by atoms with Crippen LogP contribution in [-0.4, -0.2) is 41.6 Å². The molecular weight excluding hydrogens is 372 g/mol. The molecule has 162 valence electrons. The Labute approximate surface area is 173 Å². The van der Waals surface area contributed by atoms with Gasteiger partial charge in [-0.25, -0.2) is 4.79 Å². The lowest BCUT2D eigenvalue weighted by Gasteiger charge is -2.72. The van der Waals surface area contributed by atoms with Crippen LogP contribution >= 0.6 is 0 Å². The number of hydrogen-bond donors (Lipinski definition) is 1. The summed E-state index contributed by atoms with van der Waals surface area (Å²) >= 11 is 0. The zero-order chi connectivity index (χ0) is 21.4. The van der Waals surface area contributed by atoms with Gasteiger partial charge in [0.1, 0.15) is 6.10 Å². The molecule has 5 aliphatic rings. The molecule has 5 rings (SSSR count). The molecule has 1 spiro atoms. The minimum absolute atomic E-state index is 0.0716. The molecule has 1 saturated heterocycles. The second kappa shape index (κ2) is 6.55. The molecule has 2 heterocycles. The van der Waals surface area contributed by atoms with Crippen molar-refractivity contribution in [2.75, 3.05) is 7.11 Å². The first kappa shape index (κ1) is 20.9. The quantitative estimate of drug-likeness (QED) is 0.725. The van der Waals surface area contributed by atoms with E-state index >= 15 is 0 Å². The average molecular weight is 407 g/mol. The number of esters is 2. The molecule has 8 atom stereocenters. The van der Waals surface area contributed by atoms with E-state index in [-0.39, 0.29) is 29.8 Å². The van der Waals surface area contributed by atoms with Crippen molar-refractivity contribution in [2.45, 2.75) is 77.8 Å². The molecule has 0 unspecified atom stereocenters. The van der Waals surface area contributed by atoms with Gasteiger partial charge in [0.25, 0.3) is 0 Å². The molecule has 0 aromatic heterocycles. The molecule has 0 aromatic carbocycles. The molecule has 3 fully saturated rings. The van der Waals surface area contributed by atoms with E-state index < -0.39 is 28.7 Å². The lowest BCUT2D eigenvalue weighted by molar-refractivity contribution is -0.418. The highest BCUT2D eigenvalue weighted by atomic mass is 16.6. The van der Waals surface area contributed by atoms with Crippen molar-refractivity contribution in [2.24, 2.45) is 35.0 Å². The number of hydrogen-bond acceptors (Lipinski definition) is 6. The zero-order valence-electron chi connectivity index (χ0n) is 18.4. The average Bonchev–Trinajstić information content (AvgIpc) is 2.61. The standard InChI is InChI=1S/C23H34O6/c1-12(2)16-9-18(28-14(4)24)21(5)17-8-7-13(3)10-22(17)11-15(20(25)27-6)19(21)23(16,26)29-22/h11-13,16-19,26H,7-10H2,1-6H3/t13-,16-,17+,18+,19-,21-,22+,23+/m0/s1. The highest BCUT2D eigenvalue weighted by molar-refractivity contribution is 5.90. The molecule has 29 heavy (non-hydrogen) atoms. The number of methoxy groups -OCH3 is 1. The Morgan fingerprint density at radius 1 is 1.31 bits per heavy atom. The Kier molecular flexibility index (Phi) is 4.71. The van der Waals surface area contributed by atoms with Gasteiger partial charge in [0.2, 0.25) is 0 Å². The fourth-order valence-electron chi connectivity index (χ4n) is 7.31. The third-order valence-electron chi connectivity index (χ3n) is 8.28. The smallest absolute Gasteiger partial charge is 0.334 e. The van der Waals surface area contributed by atoms with Gasteiger partial charge in [-0.05, 0) is 37.2 Å². The molecule has 6 nitrogen and oxygen atoms in total. The highest BCUT2D eigenvalue weighted by Crippen LogP contribution is 2.71. The summed E-state index contributed by atoms with van der Waals surface area (Å²) < 4.78 is 17.7. The Hall–Kier alpha value is -1.40. The van der Waals surface area contributed by atoms with Crippen LogP contribution in [0.15, 0.2) is 11.6 Å². The first-order chi connectivity index (χ1) is 13.5. The molecule has 6 heteroatoms. The number of carbonyl (C=O) groups excluding carboxylic acids is 2. The van der Waals surface area contributed by atoms with Crippen molar-refractivity contribution in [1.29, 1.82) is 0 Å². The van der Waals surface area contributed by atoms with Crippen LogP contribution in [-0.2, 0) is 23.8 Å². The first-order valence-corrected chi connectivity index (χ1v) is 10.9. The molecule has 1 N–H and O–H groups in total. The monoisotopic (exact) mass is 406 g/mol. The predicted octanol–water partition coefficient (Wildman–Crippen LogP) is 3.22. The van der Waals surface area contributed by atoms with E-state index in [0.29, 0.717) is 17.9 Å². The number of ether oxygens (including phenoxy) is 3. The van der Waals surface area contributed by atoms with E-state index in [1.807, 2.05) is 19.9 Å². The highest BCUT2D eigenvalue weighted by Gasteiger charge is 2.77. The summed E-state index contributed by atoms with van der Waals surface area (Å²) in [6.07, 6.45) is 4.79. The van der Waals surface area contributed by atoms with Gasteiger partial charge in [0.15, 0.2) is 5.79 Å². The summed E-state index contributed by atoms with van der Waals surface area (Å²) in [6.45, 7) is 9.79. The fraction of sp³-hybridized carbons (Fsp3) is 0.826. The summed E-state index contributed by atoms with van der Waals surface area (Å²) in [5.74, 6) is -2.50. The van der Waals surface area contributed by atoms with Crippen molar-refractivity contribution >= 4 is 11.9 Å². The van der Waals surface area contributed by atoms with E-state index in [9.17, 15) is 14.7 Å². The van der Waals surface area contributed by atoms with Gasteiger partial charge in [0, 0.05) is 29.7 Å². The number of carbonyl (C=O) groups is 2. The normalized spacial score (nSPS) is 48.0. The van der Waals surface area contributed by atoms with Crippen LogP contribution in [0.4, 0.5) is 0 Å². The fourth-order valence-corrected chi connectivity index (χ4v) is 7.31. The molecule has 2 saturated carbocycles. The Morgan fingerprint density at radius 3 is 2.59 bits per heavy atom. The van der Waals surface area contributed by atoms with Crippen LogP contribution < -0.4 is 0 Å². The first-order valence-electron chi connectivity index (χ1n) is 10.9. The summed E-state index contributed by atoms with van der Waals surface area (Å²) in [5.41, 5.74) is -0.856. The second-order valence-corrected chi connectivity index (χ2v) is 10.3. The maximum Gasteiger partial charge on any atom is 0.334 e. The maximum atomic E-state index is 12.9. The third kappa shape index (κ3) is 2.67. The number of aliphatic hydroxyl groups is 1. The van der Waals surface area contributed by atoms with Gasteiger partial charge in [-0.15, -0.1) is 0 Å². The molecule has 0 aromatic rings. The van der Waals surface area contributed by atoms with Gasteiger partial charge in [-0.1, -0.05) is 34.1 Å². The van der Waals surface area contributed by atoms with Gasteiger partial charge >= 0.3 is 11.9 Å². The van der Waals surface area contributed by atoms with Gasteiger partial charge in [-0.3, -0.25) is 4.79 Å². The van der Waals surface area contributed by atoms with E-state index in [2.05, 4.69) is 13.8 Å². The van der Waals surface area contributed by atoms with Crippen LogP contribution in [0, 0.1) is 35.0 Å². The largest absolute Gasteiger partial charge is 0.466 e. The second-order valence-electron chi connectivity index (χ2n) is 10.3. The van der Waals surface area contributed by atoms with Crippen LogP contribution in [0.25, 0.3) is 0 Å². The molecule has 0 radical (unpaired) electrons. The molecule has 2 aliphatic heterocycles. The summed E-state index contributed by atoms with van der Waals surface area (Å²) in [4.78, 5) is 24.9. The third-order valence-corrected chi connectivity index (χ3v) is 8.28. The minimum Gasteiger partial charge on any atom is -0.466 e. The van der Waals surface area contributed by atoms with Gasteiger partial charge < -0.3 is 19.3 Å². The van der Waals surface area contributed by atoms with E-state index in [1.165, 1.54) is 14.0 Å². The maximum absolute atomic E-state index is 12.9. The van der Waals surface area contributed by atoms with Crippen molar-refractivity contribution in [3.05, 3.63) is 11.6 Å². The SMILES string of the molecule is COC(=O)C1=C[C@]23C[C@@H](C)CC[C@@H]2[C@]2(C)[C@H]1[C@](O)(O3)[C@H](C(C)C)C[C@H]2OC(C)=O. The summed E-state index contributed by atoms with van der Waals surface area (Å²) in [6, 6.07) is 0. The molecule has 0 amide bonds. The molecular formula is C23H34O6. The van der Waals surface area contributed by atoms with Crippen molar-refractivity contribution in [1.82, 2.24) is 0 Å². The van der Waals surface area contributed by atoms with E-state index in [1.54, 1.807) is 0 Å². The topological polar surface area (TPSA) is 82.1 Å². The lowest BCUT2D eigenvalue weighted by atomic mass is 9.41. The van der Waals surface area contributed by atoms with Crippen molar-refractivity contribution in [3.8, 4) is 0 Å². The van der Waals surface area contributed by atoms with Crippen LogP contribution in [0.3, 0.4) is 0 Å². The van der Waals surface area contributed by atoms with Gasteiger partial charge in [-0.2, -0.15) is 0 Å². The van der Waals surface area contributed by atoms with E-state index in [0.717, 1.165) is 19.3 Å². The summed E-state index contributed by atoms with van der Waals surface area (Å²) in [5, 5.41) is 12.1. The molecule has 4 bridgehead atoms. The molecule has 3 aliphatic carbocycles. The van der Waals surface area contributed by atoms with E-state index in [4.69, 9.17) is 14.2 Å². The number of rotatable bonds is 3. The van der Waals surface area contributed by atoms with Crippen LogP contribution in [0.2, 0.25) is 0 Å². The minimum atomic E-state index is -1.48. The van der Waals surface area contributed by atoms with Crippen LogP contribution in [0.1, 0.15) is 60.3 Å². The lowest BCUT2D eigenvalue weighted by Crippen LogP contribution is -2.78. The van der Waals surface area contributed by atoms with Crippen molar-refractivity contribution < 1.29 is 28.9 Å². The summed E-state index contributed by atoms with van der Waals surface area (Å²) in [7, 11) is 1.37. The van der Waals surface area contributed by atoms with Crippen LogP contribution in [0.5, 0.6) is 0 Å². The Bertz CT molecular complexity index is 758. The predicted molar refractivity (Wildman–Crippen MR) is 105 cm³/mol. The Balaban J connectivity index is 1.96. The van der Waals surface area contributed by atoms with Gasteiger partial charge in [0.05, 0.1) is 18.6 Å². The Morgan fingerprint density at radius 2 is 2.00 bits per heavy atom.